The number of hydrogen-bond acceptors (Lipinski definition) is 5. The Kier molecular flexibility index (Phi) is 4.80. The van der Waals surface area contributed by atoms with Gasteiger partial charge in [-0.3, -0.25) is 0 Å². The number of rotatable bonds is 5. The van der Waals surface area contributed by atoms with Gasteiger partial charge in [0.05, 0.1) is 12.1 Å². The van der Waals surface area contributed by atoms with Crippen LogP contribution in [0.25, 0.3) is 0 Å². The van der Waals surface area contributed by atoms with Crippen LogP contribution in [0.4, 0.5) is 5.82 Å². The SMILES string of the molecule is CCN(Cc1cccs1)c1nc(C)cc(C)c1C(N)=NO. The van der Waals surface area contributed by atoms with Crippen LogP contribution in [-0.4, -0.2) is 22.6 Å². The van der Waals surface area contributed by atoms with Crippen molar-refractivity contribution in [2.45, 2.75) is 27.3 Å². The maximum absolute atomic E-state index is 9.04. The second-order valence-corrected chi connectivity index (χ2v) is 5.89. The smallest absolute Gasteiger partial charge is 0.174 e. The van der Waals surface area contributed by atoms with Crippen molar-refractivity contribution in [3.63, 3.8) is 0 Å². The Morgan fingerprint density at radius 2 is 2.24 bits per heavy atom. The molecule has 0 aromatic carbocycles. The molecule has 3 N–H and O–H groups in total. The van der Waals surface area contributed by atoms with E-state index in [1.807, 2.05) is 26.0 Å². The molecule has 0 unspecified atom stereocenters. The summed E-state index contributed by atoms with van der Waals surface area (Å²) < 4.78 is 0. The van der Waals surface area contributed by atoms with E-state index in [2.05, 4.69) is 33.4 Å². The summed E-state index contributed by atoms with van der Waals surface area (Å²) in [6, 6.07) is 6.07. The van der Waals surface area contributed by atoms with Gasteiger partial charge in [-0.1, -0.05) is 11.2 Å². The molecular weight excluding hydrogens is 284 g/mol. The second-order valence-electron chi connectivity index (χ2n) is 4.86. The van der Waals surface area contributed by atoms with Crippen molar-refractivity contribution < 1.29 is 5.21 Å². The Morgan fingerprint density at radius 1 is 1.48 bits per heavy atom. The highest BCUT2D eigenvalue weighted by Gasteiger charge is 2.18. The lowest BCUT2D eigenvalue weighted by Gasteiger charge is -2.25. The number of amidine groups is 1. The molecule has 2 aromatic heterocycles. The Morgan fingerprint density at radius 3 is 2.81 bits per heavy atom. The summed E-state index contributed by atoms with van der Waals surface area (Å²) in [7, 11) is 0. The molecule has 5 nitrogen and oxygen atoms in total. The molecule has 2 aromatic rings. The largest absolute Gasteiger partial charge is 0.409 e. The molecule has 6 heteroatoms. The number of thiophene rings is 1. The zero-order valence-electron chi connectivity index (χ0n) is 12.5. The van der Waals surface area contributed by atoms with Crippen LogP contribution >= 0.6 is 11.3 Å². The molecule has 2 rings (SSSR count). The summed E-state index contributed by atoms with van der Waals surface area (Å²) in [5, 5.41) is 14.2. The van der Waals surface area contributed by atoms with Crippen molar-refractivity contribution in [2.24, 2.45) is 10.9 Å². The van der Waals surface area contributed by atoms with Crippen molar-refractivity contribution >= 4 is 23.0 Å². The predicted molar refractivity (Wildman–Crippen MR) is 87.3 cm³/mol. The summed E-state index contributed by atoms with van der Waals surface area (Å²) in [6.45, 7) is 7.52. The van der Waals surface area contributed by atoms with Crippen LogP contribution in [0.5, 0.6) is 0 Å². The third kappa shape index (κ3) is 3.33. The fraction of sp³-hybridized carbons (Fsp3) is 0.333. The van der Waals surface area contributed by atoms with Gasteiger partial charge in [-0.05, 0) is 43.8 Å². The third-order valence-electron chi connectivity index (χ3n) is 3.30. The Bertz CT molecular complexity index is 637. The monoisotopic (exact) mass is 304 g/mol. The number of nitrogens with zero attached hydrogens (tertiary/aromatic N) is 3. The van der Waals surface area contributed by atoms with Gasteiger partial charge in [0.15, 0.2) is 5.84 Å². The quantitative estimate of drug-likeness (QED) is 0.385. The van der Waals surface area contributed by atoms with Gasteiger partial charge in [-0.25, -0.2) is 4.98 Å². The number of anilines is 1. The van der Waals surface area contributed by atoms with Gasteiger partial charge in [0.2, 0.25) is 0 Å². The zero-order valence-corrected chi connectivity index (χ0v) is 13.3. The summed E-state index contributed by atoms with van der Waals surface area (Å²) in [6.07, 6.45) is 0. The van der Waals surface area contributed by atoms with E-state index in [1.165, 1.54) is 4.88 Å². The average molecular weight is 304 g/mol. The molecule has 0 saturated carbocycles. The summed E-state index contributed by atoms with van der Waals surface area (Å²) in [5.41, 5.74) is 8.42. The molecule has 0 aliphatic rings. The summed E-state index contributed by atoms with van der Waals surface area (Å²) in [4.78, 5) is 8.00. The predicted octanol–water partition coefficient (Wildman–Crippen LogP) is 2.88. The van der Waals surface area contributed by atoms with Crippen LogP contribution in [-0.2, 0) is 6.54 Å². The molecule has 0 saturated heterocycles. The maximum Gasteiger partial charge on any atom is 0.174 e. The number of aryl methyl sites for hydroxylation is 2. The number of hydrogen-bond donors (Lipinski definition) is 2. The standard InChI is InChI=1S/C15H20N4OS/c1-4-19(9-12-6-5-7-21-12)15-13(14(16)18-20)10(2)8-11(3)17-15/h5-8,20H,4,9H2,1-3H3,(H2,16,18). The van der Waals surface area contributed by atoms with Crippen LogP contribution in [0.15, 0.2) is 28.7 Å². The number of nitrogens with two attached hydrogens (primary N) is 1. The van der Waals surface area contributed by atoms with E-state index < -0.39 is 0 Å². The van der Waals surface area contributed by atoms with E-state index in [0.717, 1.165) is 30.2 Å². The molecule has 0 aliphatic carbocycles. The van der Waals surface area contributed by atoms with Gasteiger partial charge in [-0.15, -0.1) is 11.3 Å². The zero-order chi connectivity index (χ0) is 15.4. The molecule has 0 fully saturated rings. The first-order valence-corrected chi connectivity index (χ1v) is 7.68. The molecule has 0 aliphatic heterocycles. The molecule has 0 atom stereocenters. The highest BCUT2D eigenvalue weighted by molar-refractivity contribution is 7.09. The molecule has 0 spiro atoms. The van der Waals surface area contributed by atoms with E-state index >= 15 is 0 Å². The molecule has 0 radical (unpaired) electrons. The lowest BCUT2D eigenvalue weighted by molar-refractivity contribution is 0.318. The fourth-order valence-electron chi connectivity index (χ4n) is 2.34. The first kappa shape index (κ1) is 15.3. The molecule has 0 amide bonds. The van der Waals surface area contributed by atoms with Crippen molar-refractivity contribution in [1.29, 1.82) is 0 Å². The van der Waals surface area contributed by atoms with Crippen LogP contribution < -0.4 is 10.6 Å². The Hall–Kier alpha value is -2.08. The Labute approximate surface area is 128 Å². The Balaban J connectivity index is 2.49. The molecular formula is C15H20N4OS. The number of aromatic nitrogens is 1. The first-order chi connectivity index (χ1) is 10.1. The summed E-state index contributed by atoms with van der Waals surface area (Å²) in [5.74, 6) is 0.860. The van der Waals surface area contributed by atoms with Crippen LogP contribution in [0.2, 0.25) is 0 Å². The topological polar surface area (TPSA) is 74.7 Å². The highest BCUT2D eigenvalue weighted by Crippen LogP contribution is 2.25. The molecule has 112 valence electrons. The minimum Gasteiger partial charge on any atom is -0.409 e. The van der Waals surface area contributed by atoms with Crippen molar-refractivity contribution in [2.75, 3.05) is 11.4 Å². The van der Waals surface area contributed by atoms with E-state index in [1.54, 1.807) is 11.3 Å². The van der Waals surface area contributed by atoms with Crippen LogP contribution in [0, 0.1) is 13.8 Å². The fourth-order valence-corrected chi connectivity index (χ4v) is 3.06. The van der Waals surface area contributed by atoms with E-state index in [9.17, 15) is 0 Å². The molecule has 2 heterocycles. The lowest BCUT2D eigenvalue weighted by Crippen LogP contribution is -2.28. The third-order valence-corrected chi connectivity index (χ3v) is 4.16. The highest BCUT2D eigenvalue weighted by atomic mass is 32.1. The molecule has 0 bridgehead atoms. The van der Waals surface area contributed by atoms with Crippen LogP contribution in [0.1, 0.15) is 28.6 Å². The van der Waals surface area contributed by atoms with Gasteiger partial charge in [0.1, 0.15) is 5.82 Å². The van der Waals surface area contributed by atoms with E-state index in [4.69, 9.17) is 10.9 Å². The minimum atomic E-state index is 0.0969. The first-order valence-electron chi connectivity index (χ1n) is 6.80. The van der Waals surface area contributed by atoms with Gasteiger partial charge in [0, 0.05) is 17.1 Å². The van der Waals surface area contributed by atoms with Crippen molar-refractivity contribution in [3.05, 3.63) is 45.3 Å². The van der Waals surface area contributed by atoms with E-state index in [-0.39, 0.29) is 5.84 Å². The van der Waals surface area contributed by atoms with Gasteiger partial charge < -0.3 is 15.8 Å². The minimum absolute atomic E-state index is 0.0969. The van der Waals surface area contributed by atoms with Crippen LogP contribution in [0.3, 0.4) is 0 Å². The van der Waals surface area contributed by atoms with Gasteiger partial charge >= 0.3 is 0 Å². The number of pyridine rings is 1. The molecule has 21 heavy (non-hydrogen) atoms. The van der Waals surface area contributed by atoms with Crippen molar-refractivity contribution in [1.82, 2.24) is 4.98 Å². The van der Waals surface area contributed by atoms with Gasteiger partial charge in [-0.2, -0.15) is 0 Å². The summed E-state index contributed by atoms with van der Waals surface area (Å²) >= 11 is 1.71. The second kappa shape index (κ2) is 6.58. The van der Waals surface area contributed by atoms with Gasteiger partial charge in [0.25, 0.3) is 0 Å². The average Bonchev–Trinajstić information content (AvgIpc) is 2.96. The maximum atomic E-state index is 9.04. The normalized spacial score (nSPS) is 11.7. The van der Waals surface area contributed by atoms with Crippen molar-refractivity contribution in [3.8, 4) is 0 Å². The lowest BCUT2D eigenvalue weighted by atomic mass is 10.1. The number of oxime groups is 1. The van der Waals surface area contributed by atoms with E-state index in [0.29, 0.717) is 5.56 Å².